The molecule has 0 spiro atoms. The van der Waals surface area contributed by atoms with Crippen molar-refractivity contribution < 1.29 is 23.9 Å². The highest BCUT2D eigenvalue weighted by atomic mass is 16.6. The van der Waals surface area contributed by atoms with Gasteiger partial charge in [-0.3, -0.25) is 14.4 Å². The molecule has 144 valence electrons. The molecule has 5 atom stereocenters. The van der Waals surface area contributed by atoms with Crippen LogP contribution in [0.2, 0.25) is 0 Å². The van der Waals surface area contributed by atoms with E-state index in [2.05, 4.69) is 5.32 Å². The Hall–Kier alpha value is -2.37. The van der Waals surface area contributed by atoms with E-state index in [0.29, 0.717) is 0 Å². The van der Waals surface area contributed by atoms with Crippen LogP contribution in [0.3, 0.4) is 0 Å². The Morgan fingerprint density at radius 1 is 1.19 bits per heavy atom. The number of para-hydroxylation sites is 1. The molecule has 2 aliphatic carbocycles. The number of carbonyl (C=O) groups excluding carboxylic acids is 3. The van der Waals surface area contributed by atoms with Gasteiger partial charge in [0.05, 0.1) is 11.8 Å². The third kappa shape index (κ3) is 3.01. The summed E-state index contributed by atoms with van der Waals surface area (Å²) in [5, 5.41) is 2.90. The number of ether oxygens (including phenoxy) is 2. The van der Waals surface area contributed by atoms with E-state index in [9.17, 15) is 14.4 Å². The van der Waals surface area contributed by atoms with E-state index >= 15 is 0 Å². The maximum absolute atomic E-state index is 12.6. The molecule has 0 unspecified atom stereocenters. The molecular weight excluding hydrogens is 346 g/mol. The molecule has 0 radical (unpaired) electrons. The Morgan fingerprint density at radius 2 is 1.89 bits per heavy atom. The molecule has 6 heteroatoms. The van der Waals surface area contributed by atoms with Gasteiger partial charge in [-0.2, -0.15) is 0 Å². The van der Waals surface area contributed by atoms with Gasteiger partial charge in [0.25, 0.3) is 5.91 Å². The van der Waals surface area contributed by atoms with Crippen LogP contribution in [0.5, 0.6) is 0 Å². The Labute approximate surface area is 158 Å². The molecule has 1 aliphatic heterocycles. The summed E-state index contributed by atoms with van der Waals surface area (Å²) in [5.74, 6) is -1.62. The zero-order chi connectivity index (χ0) is 19.1. The molecule has 0 aromatic heterocycles. The molecule has 1 saturated heterocycles. The van der Waals surface area contributed by atoms with Gasteiger partial charge in [-0.05, 0) is 42.7 Å². The number of carbonyl (C=O) groups is 3. The molecule has 1 aromatic carbocycles. The van der Waals surface area contributed by atoms with Crippen molar-refractivity contribution in [3.63, 3.8) is 0 Å². The van der Waals surface area contributed by atoms with Crippen LogP contribution in [0.15, 0.2) is 18.2 Å². The van der Waals surface area contributed by atoms with Crippen molar-refractivity contribution in [2.75, 3.05) is 11.9 Å². The van der Waals surface area contributed by atoms with Gasteiger partial charge in [0.15, 0.2) is 6.61 Å². The second-order valence-corrected chi connectivity index (χ2v) is 7.74. The van der Waals surface area contributed by atoms with Crippen LogP contribution in [-0.4, -0.2) is 30.6 Å². The lowest BCUT2D eigenvalue weighted by molar-refractivity contribution is -0.157. The summed E-state index contributed by atoms with van der Waals surface area (Å²) in [4.78, 5) is 37.0. The second-order valence-electron chi connectivity index (χ2n) is 7.74. The van der Waals surface area contributed by atoms with Crippen LogP contribution >= 0.6 is 0 Å². The van der Waals surface area contributed by atoms with E-state index in [1.807, 2.05) is 32.0 Å². The third-order valence-corrected chi connectivity index (χ3v) is 6.36. The predicted octanol–water partition coefficient (Wildman–Crippen LogP) is 2.49. The lowest BCUT2D eigenvalue weighted by atomic mass is 9.80. The van der Waals surface area contributed by atoms with Crippen LogP contribution < -0.4 is 5.32 Å². The SMILES string of the molecule is CCc1cccc(CC)c1NC(=O)COC(=O)[C@H]1[C@@H]2C[C@H]3[C@@H]1C(=O)O[C@@H]3C2. The molecule has 3 fully saturated rings. The number of benzene rings is 1. The minimum absolute atomic E-state index is 0.0159. The Morgan fingerprint density at radius 3 is 2.56 bits per heavy atom. The smallest absolute Gasteiger partial charge is 0.310 e. The van der Waals surface area contributed by atoms with Gasteiger partial charge in [-0.15, -0.1) is 0 Å². The fraction of sp³-hybridized carbons (Fsp3) is 0.571. The largest absolute Gasteiger partial charge is 0.462 e. The first-order valence-corrected chi connectivity index (χ1v) is 9.81. The number of nitrogens with one attached hydrogen (secondary N) is 1. The van der Waals surface area contributed by atoms with Crippen LogP contribution in [0.4, 0.5) is 5.69 Å². The molecule has 4 rings (SSSR count). The molecule has 2 bridgehead atoms. The lowest BCUT2D eigenvalue weighted by Crippen LogP contribution is -2.35. The number of esters is 2. The second kappa shape index (κ2) is 6.98. The monoisotopic (exact) mass is 371 g/mol. The Kier molecular flexibility index (Phi) is 4.66. The van der Waals surface area contributed by atoms with Crippen molar-refractivity contribution in [3.05, 3.63) is 29.3 Å². The number of fused-ring (bicyclic) bond motifs is 1. The molecule has 1 aromatic rings. The van der Waals surface area contributed by atoms with E-state index in [4.69, 9.17) is 9.47 Å². The van der Waals surface area contributed by atoms with Gasteiger partial charge >= 0.3 is 11.9 Å². The summed E-state index contributed by atoms with van der Waals surface area (Å²) in [6.45, 7) is 3.74. The average Bonchev–Trinajstić information content (AvgIpc) is 3.28. The topological polar surface area (TPSA) is 81.7 Å². The number of hydrogen-bond acceptors (Lipinski definition) is 5. The van der Waals surface area contributed by atoms with Crippen LogP contribution in [0.1, 0.15) is 37.8 Å². The van der Waals surface area contributed by atoms with Gasteiger partial charge in [0, 0.05) is 11.6 Å². The molecule has 1 heterocycles. The minimum atomic E-state index is -0.455. The van der Waals surface area contributed by atoms with Crippen molar-refractivity contribution in [1.82, 2.24) is 0 Å². The first kappa shape index (κ1) is 18.0. The fourth-order valence-corrected chi connectivity index (χ4v) is 5.14. The van der Waals surface area contributed by atoms with E-state index in [0.717, 1.165) is 42.5 Å². The summed E-state index contributed by atoms with van der Waals surface area (Å²) < 4.78 is 10.6. The maximum atomic E-state index is 12.6. The number of rotatable bonds is 6. The fourth-order valence-electron chi connectivity index (χ4n) is 5.14. The molecule has 1 amide bonds. The number of hydrogen-bond donors (Lipinski definition) is 1. The highest BCUT2D eigenvalue weighted by Crippen LogP contribution is 2.57. The standard InChI is InChI=1S/C21H25NO5/c1-3-11-6-5-7-12(4-2)19(11)22-16(23)10-26-20(24)17-13-8-14-15(9-13)27-21(25)18(14)17/h5-7,13-15,17-18H,3-4,8-10H2,1-2H3,(H,22,23)/t13-,14-,15-,17+,18+/m1/s1. The molecular formula is C21H25NO5. The molecule has 6 nitrogen and oxygen atoms in total. The van der Waals surface area contributed by atoms with E-state index in [1.54, 1.807) is 0 Å². The Balaban J connectivity index is 1.38. The van der Waals surface area contributed by atoms with Crippen LogP contribution in [-0.2, 0) is 36.7 Å². The first-order chi connectivity index (χ1) is 13.0. The van der Waals surface area contributed by atoms with Gasteiger partial charge < -0.3 is 14.8 Å². The van der Waals surface area contributed by atoms with Crippen LogP contribution in [0, 0.1) is 23.7 Å². The molecule has 1 N–H and O–H groups in total. The lowest BCUT2D eigenvalue weighted by Gasteiger charge is -2.22. The highest BCUT2D eigenvalue weighted by molar-refractivity contribution is 5.95. The van der Waals surface area contributed by atoms with Gasteiger partial charge in [0.1, 0.15) is 6.10 Å². The summed E-state index contributed by atoms with van der Waals surface area (Å²) in [6, 6.07) is 5.95. The first-order valence-electron chi connectivity index (χ1n) is 9.81. The molecule has 2 saturated carbocycles. The predicted molar refractivity (Wildman–Crippen MR) is 97.9 cm³/mol. The number of amides is 1. The summed E-state index contributed by atoms with van der Waals surface area (Å²) in [5.41, 5.74) is 2.93. The maximum Gasteiger partial charge on any atom is 0.310 e. The molecule has 3 aliphatic rings. The summed E-state index contributed by atoms with van der Waals surface area (Å²) in [6.07, 6.45) is 3.18. The average molecular weight is 371 g/mol. The number of aryl methyl sites for hydroxylation is 2. The van der Waals surface area contributed by atoms with Crippen molar-refractivity contribution in [2.45, 2.75) is 45.6 Å². The zero-order valence-electron chi connectivity index (χ0n) is 15.7. The van der Waals surface area contributed by atoms with E-state index in [-0.39, 0.29) is 42.3 Å². The van der Waals surface area contributed by atoms with E-state index in [1.165, 1.54) is 0 Å². The third-order valence-electron chi connectivity index (χ3n) is 6.36. The summed E-state index contributed by atoms with van der Waals surface area (Å²) >= 11 is 0. The van der Waals surface area contributed by atoms with Gasteiger partial charge in [-0.25, -0.2) is 0 Å². The van der Waals surface area contributed by atoms with Crippen LogP contribution in [0.25, 0.3) is 0 Å². The quantitative estimate of drug-likeness (QED) is 0.777. The van der Waals surface area contributed by atoms with Gasteiger partial charge in [0.2, 0.25) is 0 Å². The normalized spacial score (nSPS) is 30.3. The van der Waals surface area contributed by atoms with Crippen molar-refractivity contribution >= 4 is 23.5 Å². The van der Waals surface area contributed by atoms with E-state index < -0.39 is 11.9 Å². The van der Waals surface area contributed by atoms with Gasteiger partial charge in [-0.1, -0.05) is 32.0 Å². The minimum Gasteiger partial charge on any atom is -0.462 e. The molecule has 27 heavy (non-hydrogen) atoms. The zero-order valence-corrected chi connectivity index (χ0v) is 15.7. The number of anilines is 1. The van der Waals surface area contributed by atoms with Crippen molar-refractivity contribution in [2.24, 2.45) is 23.7 Å². The summed E-state index contributed by atoms with van der Waals surface area (Å²) in [7, 11) is 0. The van der Waals surface area contributed by atoms with Crippen molar-refractivity contribution in [3.8, 4) is 0 Å². The Bertz CT molecular complexity index is 765. The van der Waals surface area contributed by atoms with Crippen molar-refractivity contribution in [1.29, 1.82) is 0 Å². The highest BCUT2D eigenvalue weighted by Gasteiger charge is 2.64.